The van der Waals surface area contributed by atoms with Gasteiger partial charge in [0.25, 0.3) is 0 Å². The second-order valence-electron chi connectivity index (χ2n) is 3.98. The average molecular weight is 280 g/mol. The molecule has 2 aromatic rings. The number of hydrogen-bond acceptors (Lipinski definition) is 2. The molecule has 0 saturated heterocycles. The number of benzene rings is 2. The average Bonchev–Trinajstić information content (AvgIpc) is 2.38. The lowest BCUT2D eigenvalue weighted by atomic mass is 10.1. The van der Waals surface area contributed by atoms with Gasteiger partial charge < -0.3 is 10.4 Å². The predicted molar refractivity (Wildman–Crippen MR) is 72.1 cm³/mol. The first kappa shape index (κ1) is 13.4. The maximum absolute atomic E-state index is 12.8. The van der Waals surface area contributed by atoms with E-state index in [4.69, 9.17) is 16.7 Å². The van der Waals surface area contributed by atoms with Crippen molar-refractivity contribution in [1.29, 1.82) is 0 Å². The quantitative estimate of drug-likeness (QED) is 0.895. The lowest BCUT2D eigenvalue weighted by Crippen LogP contribution is -2.06. The number of halogens is 2. The molecule has 19 heavy (non-hydrogen) atoms. The van der Waals surface area contributed by atoms with Crippen molar-refractivity contribution in [2.45, 2.75) is 6.54 Å². The first-order valence-corrected chi connectivity index (χ1v) is 5.95. The molecule has 2 N–H and O–H groups in total. The Bertz CT molecular complexity index is 599. The van der Waals surface area contributed by atoms with E-state index in [9.17, 15) is 9.18 Å². The molecule has 3 nitrogen and oxygen atoms in total. The van der Waals surface area contributed by atoms with Crippen LogP contribution in [0.25, 0.3) is 0 Å². The molecule has 0 aliphatic carbocycles. The summed E-state index contributed by atoms with van der Waals surface area (Å²) in [5.74, 6) is -1.34. The molecule has 0 amide bonds. The molecular weight excluding hydrogens is 269 g/mol. The molecule has 0 aliphatic rings. The van der Waals surface area contributed by atoms with Gasteiger partial charge in [0.1, 0.15) is 5.82 Å². The fraction of sp³-hybridized carbons (Fsp3) is 0.0714. The summed E-state index contributed by atoms with van der Waals surface area (Å²) in [6.45, 7) is 0.390. The Labute approximate surface area is 114 Å². The van der Waals surface area contributed by atoms with Gasteiger partial charge in [-0.1, -0.05) is 23.7 Å². The Morgan fingerprint density at radius 2 is 1.89 bits per heavy atom. The molecule has 5 heteroatoms. The van der Waals surface area contributed by atoms with E-state index in [1.807, 2.05) is 0 Å². The summed E-state index contributed by atoms with van der Waals surface area (Å²) in [6.07, 6.45) is 0. The molecule has 98 valence electrons. The van der Waals surface area contributed by atoms with Gasteiger partial charge in [0.2, 0.25) is 0 Å². The predicted octanol–water partition coefficient (Wildman–Crippen LogP) is 3.79. The molecule has 0 heterocycles. The molecule has 0 radical (unpaired) electrons. The third kappa shape index (κ3) is 3.45. The van der Waals surface area contributed by atoms with Gasteiger partial charge in [-0.2, -0.15) is 0 Å². The third-order valence-corrected chi connectivity index (χ3v) is 2.84. The zero-order valence-electron chi connectivity index (χ0n) is 9.86. The van der Waals surface area contributed by atoms with Gasteiger partial charge in [-0.3, -0.25) is 0 Å². The van der Waals surface area contributed by atoms with E-state index in [2.05, 4.69) is 5.32 Å². The zero-order chi connectivity index (χ0) is 13.8. The number of hydrogen-bond donors (Lipinski definition) is 2. The van der Waals surface area contributed by atoms with Crippen molar-refractivity contribution >= 4 is 23.3 Å². The topological polar surface area (TPSA) is 49.3 Å². The number of carboxylic acid groups (broad SMARTS) is 1. The minimum Gasteiger partial charge on any atom is -0.478 e. The smallest absolute Gasteiger partial charge is 0.337 e. The van der Waals surface area contributed by atoms with E-state index in [-0.39, 0.29) is 11.4 Å². The molecule has 0 spiro atoms. The highest BCUT2D eigenvalue weighted by Gasteiger charge is 2.10. The molecule has 0 aromatic heterocycles. The second kappa shape index (κ2) is 5.71. The fourth-order valence-electron chi connectivity index (χ4n) is 1.65. The highest BCUT2D eigenvalue weighted by molar-refractivity contribution is 6.31. The molecule has 0 saturated carbocycles. The number of anilines is 1. The van der Waals surface area contributed by atoms with Crippen LogP contribution in [0.2, 0.25) is 5.02 Å². The van der Waals surface area contributed by atoms with Crippen molar-refractivity contribution in [3.63, 3.8) is 0 Å². The SMILES string of the molecule is O=C(O)c1ccc(Cl)cc1NCc1ccc(F)cc1. The molecule has 0 unspecified atom stereocenters. The summed E-state index contributed by atoms with van der Waals surface area (Å²) in [4.78, 5) is 11.1. The second-order valence-corrected chi connectivity index (χ2v) is 4.41. The van der Waals surface area contributed by atoms with Crippen LogP contribution in [0, 0.1) is 5.82 Å². The van der Waals surface area contributed by atoms with Crippen LogP contribution in [0.3, 0.4) is 0 Å². The summed E-state index contributed by atoms with van der Waals surface area (Å²) in [6, 6.07) is 10.5. The maximum Gasteiger partial charge on any atom is 0.337 e. The van der Waals surface area contributed by atoms with Crippen LogP contribution in [0.15, 0.2) is 42.5 Å². The summed E-state index contributed by atoms with van der Waals surface area (Å²) in [5, 5.41) is 12.5. The Morgan fingerprint density at radius 3 is 2.53 bits per heavy atom. The van der Waals surface area contributed by atoms with Crippen LogP contribution >= 0.6 is 11.6 Å². The van der Waals surface area contributed by atoms with E-state index in [1.165, 1.54) is 24.3 Å². The van der Waals surface area contributed by atoms with Gasteiger partial charge in [0.05, 0.1) is 11.3 Å². The van der Waals surface area contributed by atoms with E-state index >= 15 is 0 Å². The van der Waals surface area contributed by atoms with Gasteiger partial charge in [-0.05, 0) is 35.9 Å². The summed E-state index contributed by atoms with van der Waals surface area (Å²) in [5.41, 5.74) is 1.42. The van der Waals surface area contributed by atoms with Crippen molar-refractivity contribution in [1.82, 2.24) is 0 Å². The minimum absolute atomic E-state index is 0.145. The number of carboxylic acids is 1. The lowest BCUT2D eigenvalue weighted by Gasteiger charge is -2.10. The Balaban J connectivity index is 2.16. The van der Waals surface area contributed by atoms with Gasteiger partial charge in [0.15, 0.2) is 0 Å². The summed E-state index contributed by atoms with van der Waals surface area (Å²) < 4.78 is 12.8. The van der Waals surface area contributed by atoms with Crippen molar-refractivity contribution < 1.29 is 14.3 Å². The van der Waals surface area contributed by atoms with Crippen LogP contribution in [-0.2, 0) is 6.54 Å². The standard InChI is InChI=1S/C14H11ClFNO2/c15-10-3-6-12(14(18)19)13(7-10)17-8-9-1-4-11(16)5-2-9/h1-7,17H,8H2,(H,18,19). The molecular formula is C14H11ClFNO2. The van der Waals surface area contributed by atoms with Crippen LogP contribution in [0.1, 0.15) is 15.9 Å². The molecule has 0 aliphatic heterocycles. The summed E-state index contributed by atoms with van der Waals surface area (Å²) in [7, 11) is 0. The number of aromatic carboxylic acids is 1. The molecule has 0 fully saturated rings. The molecule has 2 rings (SSSR count). The van der Waals surface area contributed by atoms with Crippen molar-refractivity contribution in [2.75, 3.05) is 5.32 Å². The number of carbonyl (C=O) groups is 1. The van der Waals surface area contributed by atoms with Crippen LogP contribution < -0.4 is 5.32 Å². The largest absolute Gasteiger partial charge is 0.478 e. The molecule has 0 atom stereocenters. The fourth-order valence-corrected chi connectivity index (χ4v) is 1.82. The van der Waals surface area contributed by atoms with Gasteiger partial charge in [0, 0.05) is 11.6 Å². The van der Waals surface area contributed by atoms with E-state index in [0.717, 1.165) is 5.56 Å². The first-order valence-electron chi connectivity index (χ1n) is 5.57. The van der Waals surface area contributed by atoms with Gasteiger partial charge in [-0.15, -0.1) is 0 Å². The molecule has 2 aromatic carbocycles. The highest BCUT2D eigenvalue weighted by Crippen LogP contribution is 2.21. The van der Waals surface area contributed by atoms with Gasteiger partial charge >= 0.3 is 5.97 Å². The van der Waals surface area contributed by atoms with Crippen molar-refractivity contribution in [3.8, 4) is 0 Å². The first-order chi connectivity index (χ1) is 9.06. The zero-order valence-corrected chi connectivity index (χ0v) is 10.6. The van der Waals surface area contributed by atoms with Crippen LogP contribution in [-0.4, -0.2) is 11.1 Å². The van der Waals surface area contributed by atoms with Crippen LogP contribution in [0.5, 0.6) is 0 Å². The Kier molecular flexibility index (Phi) is 4.02. The summed E-state index contributed by atoms with van der Waals surface area (Å²) >= 11 is 5.84. The van der Waals surface area contributed by atoms with Gasteiger partial charge in [-0.25, -0.2) is 9.18 Å². The van der Waals surface area contributed by atoms with E-state index < -0.39 is 5.97 Å². The highest BCUT2D eigenvalue weighted by atomic mass is 35.5. The molecule has 0 bridgehead atoms. The number of nitrogens with one attached hydrogen (secondary N) is 1. The van der Waals surface area contributed by atoms with E-state index in [1.54, 1.807) is 18.2 Å². The third-order valence-electron chi connectivity index (χ3n) is 2.61. The normalized spacial score (nSPS) is 10.2. The van der Waals surface area contributed by atoms with Crippen LogP contribution in [0.4, 0.5) is 10.1 Å². The Hall–Kier alpha value is -2.07. The minimum atomic E-state index is -1.03. The van der Waals surface area contributed by atoms with E-state index in [0.29, 0.717) is 17.3 Å². The Morgan fingerprint density at radius 1 is 1.21 bits per heavy atom. The van der Waals surface area contributed by atoms with Crippen molar-refractivity contribution in [2.24, 2.45) is 0 Å². The lowest BCUT2D eigenvalue weighted by molar-refractivity contribution is 0.0698. The maximum atomic E-state index is 12.8. The monoisotopic (exact) mass is 279 g/mol. The van der Waals surface area contributed by atoms with Crippen molar-refractivity contribution in [3.05, 3.63) is 64.4 Å². The number of rotatable bonds is 4.